The van der Waals surface area contributed by atoms with Crippen LogP contribution in [0.3, 0.4) is 0 Å². The fourth-order valence-corrected chi connectivity index (χ4v) is 2.46. The van der Waals surface area contributed by atoms with Gasteiger partial charge in [0.1, 0.15) is 0 Å². The number of nitrogen functional groups attached to an aromatic ring is 1. The SMILES string of the molecule is CCN1CCC(CNc2nc(OC)ccc2N)CC1. The average molecular weight is 264 g/mol. The summed E-state index contributed by atoms with van der Waals surface area (Å²) in [5.41, 5.74) is 6.59. The van der Waals surface area contributed by atoms with Gasteiger partial charge >= 0.3 is 0 Å². The van der Waals surface area contributed by atoms with E-state index < -0.39 is 0 Å². The van der Waals surface area contributed by atoms with Gasteiger partial charge in [0, 0.05) is 12.6 Å². The highest BCUT2D eigenvalue weighted by molar-refractivity contribution is 5.61. The first-order chi connectivity index (χ1) is 9.22. The van der Waals surface area contributed by atoms with Crippen molar-refractivity contribution in [1.82, 2.24) is 9.88 Å². The molecule has 0 spiro atoms. The Hall–Kier alpha value is -1.49. The second kappa shape index (κ2) is 6.61. The van der Waals surface area contributed by atoms with E-state index in [-0.39, 0.29) is 0 Å². The third-order valence-electron chi connectivity index (χ3n) is 3.82. The van der Waals surface area contributed by atoms with E-state index in [1.165, 1.54) is 25.9 Å². The minimum absolute atomic E-state index is 0.595. The number of nitrogens with zero attached hydrogens (tertiary/aromatic N) is 2. The molecule has 1 aliphatic heterocycles. The number of anilines is 2. The zero-order valence-electron chi connectivity index (χ0n) is 11.9. The summed E-state index contributed by atoms with van der Waals surface area (Å²) in [6, 6.07) is 3.61. The maximum atomic E-state index is 5.91. The van der Waals surface area contributed by atoms with E-state index in [0.29, 0.717) is 17.5 Å². The van der Waals surface area contributed by atoms with Crippen LogP contribution in [0, 0.1) is 5.92 Å². The Balaban J connectivity index is 1.85. The molecule has 0 atom stereocenters. The zero-order chi connectivity index (χ0) is 13.7. The third kappa shape index (κ3) is 3.73. The molecule has 19 heavy (non-hydrogen) atoms. The topological polar surface area (TPSA) is 63.4 Å². The van der Waals surface area contributed by atoms with Gasteiger partial charge in [0.05, 0.1) is 12.8 Å². The van der Waals surface area contributed by atoms with Gasteiger partial charge < -0.3 is 20.7 Å². The number of nitrogens with one attached hydrogen (secondary N) is 1. The molecule has 1 fully saturated rings. The molecule has 0 amide bonds. The smallest absolute Gasteiger partial charge is 0.215 e. The number of rotatable bonds is 5. The minimum atomic E-state index is 0.595. The van der Waals surface area contributed by atoms with Gasteiger partial charge in [-0.25, -0.2) is 0 Å². The minimum Gasteiger partial charge on any atom is -0.481 e. The van der Waals surface area contributed by atoms with Crippen molar-refractivity contribution in [1.29, 1.82) is 0 Å². The quantitative estimate of drug-likeness (QED) is 0.849. The lowest BCUT2D eigenvalue weighted by molar-refractivity contribution is 0.198. The van der Waals surface area contributed by atoms with Crippen LogP contribution in [0.1, 0.15) is 19.8 Å². The summed E-state index contributed by atoms with van der Waals surface area (Å²) >= 11 is 0. The fourth-order valence-electron chi connectivity index (χ4n) is 2.46. The molecular formula is C14H24N4O. The standard InChI is InChI=1S/C14H24N4O/c1-3-18-8-6-11(7-9-18)10-16-14-12(15)4-5-13(17-14)19-2/h4-5,11H,3,6-10,15H2,1-2H3,(H,16,17). The summed E-state index contributed by atoms with van der Waals surface area (Å²) in [4.78, 5) is 6.83. The molecule has 0 radical (unpaired) electrons. The van der Waals surface area contributed by atoms with Gasteiger partial charge in [0.15, 0.2) is 5.82 Å². The summed E-state index contributed by atoms with van der Waals surface area (Å²) in [7, 11) is 1.61. The summed E-state index contributed by atoms with van der Waals surface area (Å²) in [5.74, 6) is 2.03. The lowest BCUT2D eigenvalue weighted by Crippen LogP contribution is -2.35. The van der Waals surface area contributed by atoms with E-state index in [0.717, 1.165) is 18.9 Å². The van der Waals surface area contributed by atoms with Crippen LogP contribution < -0.4 is 15.8 Å². The highest BCUT2D eigenvalue weighted by Gasteiger charge is 2.18. The van der Waals surface area contributed by atoms with Crippen molar-refractivity contribution in [2.24, 2.45) is 5.92 Å². The molecule has 0 aliphatic carbocycles. The van der Waals surface area contributed by atoms with E-state index in [4.69, 9.17) is 10.5 Å². The molecule has 0 unspecified atom stereocenters. The number of nitrogens with two attached hydrogens (primary N) is 1. The van der Waals surface area contributed by atoms with Crippen molar-refractivity contribution >= 4 is 11.5 Å². The predicted molar refractivity (Wildman–Crippen MR) is 78.5 cm³/mol. The molecule has 5 heteroatoms. The van der Waals surface area contributed by atoms with Gasteiger partial charge in [-0.1, -0.05) is 6.92 Å². The monoisotopic (exact) mass is 264 g/mol. The molecule has 0 saturated carbocycles. The summed E-state index contributed by atoms with van der Waals surface area (Å²) < 4.78 is 5.12. The number of hydrogen-bond donors (Lipinski definition) is 2. The van der Waals surface area contributed by atoms with E-state index in [2.05, 4.69) is 22.1 Å². The van der Waals surface area contributed by atoms with Crippen LogP contribution in [0.2, 0.25) is 0 Å². The largest absolute Gasteiger partial charge is 0.481 e. The van der Waals surface area contributed by atoms with Crippen LogP contribution in [-0.2, 0) is 0 Å². The second-order valence-electron chi connectivity index (χ2n) is 5.05. The Morgan fingerprint density at radius 1 is 1.42 bits per heavy atom. The highest BCUT2D eigenvalue weighted by Crippen LogP contribution is 2.22. The Morgan fingerprint density at radius 3 is 2.79 bits per heavy atom. The molecule has 106 valence electrons. The third-order valence-corrected chi connectivity index (χ3v) is 3.82. The van der Waals surface area contributed by atoms with Crippen LogP contribution in [0.25, 0.3) is 0 Å². The number of ether oxygens (including phenoxy) is 1. The molecule has 2 heterocycles. The number of hydrogen-bond acceptors (Lipinski definition) is 5. The highest BCUT2D eigenvalue weighted by atomic mass is 16.5. The molecule has 5 nitrogen and oxygen atoms in total. The normalized spacial score (nSPS) is 17.4. The van der Waals surface area contributed by atoms with Crippen molar-refractivity contribution in [3.8, 4) is 5.88 Å². The summed E-state index contributed by atoms with van der Waals surface area (Å²) in [5, 5.41) is 3.36. The number of pyridine rings is 1. The van der Waals surface area contributed by atoms with Gasteiger partial charge in [0.25, 0.3) is 0 Å². The number of methoxy groups -OCH3 is 1. The van der Waals surface area contributed by atoms with E-state index in [1.807, 2.05) is 6.07 Å². The van der Waals surface area contributed by atoms with Crippen LogP contribution in [0.5, 0.6) is 5.88 Å². The summed E-state index contributed by atoms with van der Waals surface area (Å²) in [6.07, 6.45) is 2.48. The second-order valence-corrected chi connectivity index (χ2v) is 5.05. The predicted octanol–water partition coefficient (Wildman–Crippen LogP) is 1.82. The van der Waals surface area contributed by atoms with Crippen LogP contribution in [-0.4, -0.2) is 43.2 Å². The molecule has 1 aromatic heterocycles. The van der Waals surface area contributed by atoms with Crippen molar-refractivity contribution in [2.75, 3.05) is 44.3 Å². The molecule has 1 aliphatic rings. The Morgan fingerprint density at radius 2 is 2.16 bits per heavy atom. The molecular weight excluding hydrogens is 240 g/mol. The Kier molecular flexibility index (Phi) is 4.85. The molecule has 0 bridgehead atoms. The Bertz CT molecular complexity index is 402. The van der Waals surface area contributed by atoms with E-state index in [1.54, 1.807) is 13.2 Å². The lowest BCUT2D eigenvalue weighted by Gasteiger charge is -2.31. The van der Waals surface area contributed by atoms with E-state index >= 15 is 0 Å². The molecule has 2 rings (SSSR count). The first-order valence-corrected chi connectivity index (χ1v) is 6.99. The van der Waals surface area contributed by atoms with Crippen LogP contribution in [0.4, 0.5) is 11.5 Å². The first-order valence-electron chi connectivity index (χ1n) is 6.99. The zero-order valence-corrected chi connectivity index (χ0v) is 11.9. The number of piperidine rings is 1. The molecule has 3 N–H and O–H groups in total. The molecule has 1 aromatic rings. The lowest BCUT2D eigenvalue weighted by atomic mass is 9.97. The molecule has 0 aromatic carbocycles. The maximum Gasteiger partial charge on any atom is 0.215 e. The van der Waals surface area contributed by atoms with Gasteiger partial charge in [-0.05, 0) is 44.5 Å². The van der Waals surface area contributed by atoms with Crippen molar-refractivity contribution < 1.29 is 4.74 Å². The number of aromatic nitrogens is 1. The van der Waals surface area contributed by atoms with Gasteiger partial charge in [-0.15, -0.1) is 0 Å². The first kappa shape index (κ1) is 13.9. The Labute approximate surface area is 115 Å². The van der Waals surface area contributed by atoms with Crippen molar-refractivity contribution in [2.45, 2.75) is 19.8 Å². The number of likely N-dealkylation sites (tertiary alicyclic amines) is 1. The van der Waals surface area contributed by atoms with Crippen LogP contribution in [0.15, 0.2) is 12.1 Å². The van der Waals surface area contributed by atoms with Gasteiger partial charge in [-0.3, -0.25) is 0 Å². The van der Waals surface area contributed by atoms with Gasteiger partial charge in [-0.2, -0.15) is 4.98 Å². The van der Waals surface area contributed by atoms with Crippen molar-refractivity contribution in [3.63, 3.8) is 0 Å². The van der Waals surface area contributed by atoms with Crippen molar-refractivity contribution in [3.05, 3.63) is 12.1 Å². The van der Waals surface area contributed by atoms with Gasteiger partial charge in [0.2, 0.25) is 5.88 Å². The summed E-state index contributed by atoms with van der Waals surface area (Å²) in [6.45, 7) is 6.71. The average Bonchev–Trinajstić information content (AvgIpc) is 2.47. The van der Waals surface area contributed by atoms with Crippen LogP contribution >= 0.6 is 0 Å². The maximum absolute atomic E-state index is 5.91. The fraction of sp³-hybridized carbons (Fsp3) is 0.643. The van der Waals surface area contributed by atoms with E-state index in [9.17, 15) is 0 Å². The molecule has 1 saturated heterocycles.